The molecular formula is C20H28IN3O3. The molecule has 0 aromatic heterocycles. The number of amides is 2. The minimum absolute atomic E-state index is 0.139. The average molecular weight is 481 g/mol. The van der Waals surface area contributed by atoms with Crippen LogP contribution in [0, 0.1) is 9.49 Å². The first-order valence-electron chi connectivity index (χ1n) is 9.65. The summed E-state index contributed by atoms with van der Waals surface area (Å²) in [6, 6.07) is 4.26. The molecule has 6 nitrogen and oxygen atoms in total. The molecule has 1 aliphatic heterocycles. The topological polar surface area (TPSA) is 70.7 Å². The number of fused-ring (bicyclic) bond motifs is 2. The van der Waals surface area contributed by atoms with Crippen molar-refractivity contribution in [3.8, 4) is 5.75 Å². The van der Waals surface area contributed by atoms with E-state index in [0.717, 1.165) is 34.9 Å². The Morgan fingerprint density at radius 1 is 1.30 bits per heavy atom. The number of piperidine rings is 1. The molecule has 2 fully saturated rings. The third-order valence-corrected chi connectivity index (χ3v) is 6.42. The summed E-state index contributed by atoms with van der Waals surface area (Å²) in [6.45, 7) is 4.53. The quantitative estimate of drug-likeness (QED) is 0.442. The first kappa shape index (κ1) is 20.4. The van der Waals surface area contributed by atoms with E-state index < -0.39 is 0 Å². The van der Waals surface area contributed by atoms with Gasteiger partial charge in [0.1, 0.15) is 5.75 Å². The van der Waals surface area contributed by atoms with E-state index in [-0.39, 0.29) is 11.8 Å². The lowest BCUT2D eigenvalue weighted by Crippen LogP contribution is -2.33. The van der Waals surface area contributed by atoms with E-state index in [1.807, 2.05) is 0 Å². The van der Waals surface area contributed by atoms with Gasteiger partial charge in [0.05, 0.1) is 18.4 Å². The summed E-state index contributed by atoms with van der Waals surface area (Å²) in [7, 11) is 1.53. The Labute approximate surface area is 174 Å². The maximum Gasteiger partial charge on any atom is 0.255 e. The van der Waals surface area contributed by atoms with Crippen LogP contribution in [0.3, 0.4) is 0 Å². The highest BCUT2D eigenvalue weighted by atomic mass is 123. The zero-order valence-electron chi connectivity index (χ0n) is 16.0. The summed E-state index contributed by atoms with van der Waals surface area (Å²) in [6.07, 6.45) is 6.26. The highest BCUT2D eigenvalue weighted by Crippen LogP contribution is 2.37. The molecule has 1 saturated heterocycles. The van der Waals surface area contributed by atoms with Crippen molar-refractivity contribution in [3.05, 3.63) is 21.3 Å². The number of hydrogen-bond acceptors (Lipinski definition) is 4. The molecule has 1 heterocycles. The van der Waals surface area contributed by atoms with Crippen LogP contribution in [0.5, 0.6) is 5.75 Å². The number of unbranched alkanes of at least 4 members (excludes halogenated alkanes) is 1. The standard InChI is InChI=1S/C20H28IN3O3/c1-13(25)23-18-11-19(27-2)16(10-17(18)21)20(26)22-7-3-4-8-24-12-14-5-6-15(24)9-14/h10-11,14-15H,3-9,12H2,1-2H3,(H,22,26)(H,23,25)/t14-,15+/m1/s1/i21-4. The number of ether oxygens (including phenoxy) is 1. The fourth-order valence-corrected chi connectivity index (χ4v) is 4.82. The minimum Gasteiger partial charge on any atom is -0.496 e. The monoisotopic (exact) mass is 481 g/mol. The molecule has 1 saturated carbocycles. The number of carbonyl (C=O) groups is 2. The van der Waals surface area contributed by atoms with Gasteiger partial charge in [0.25, 0.3) is 5.91 Å². The van der Waals surface area contributed by atoms with Crippen LogP contribution < -0.4 is 15.4 Å². The van der Waals surface area contributed by atoms with Crippen molar-refractivity contribution < 1.29 is 14.3 Å². The van der Waals surface area contributed by atoms with Gasteiger partial charge in [-0.05, 0) is 73.2 Å². The minimum atomic E-state index is -0.154. The third kappa shape index (κ3) is 5.13. The second-order valence-corrected chi connectivity index (χ2v) is 8.67. The predicted molar refractivity (Wildman–Crippen MR) is 114 cm³/mol. The molecule has 2 aliphatic rings. The second kappa shape index (κ2) is 9.23. The summed E-state index contributed by atoms with van der Waals surface area (Å²) in [4.78, 5) is 26.5. The number of carbonyl (C=O) groups excluding carboxylic acids is 2. The number of nitrogens with one attached hydrogen (secondary N) is 2. The number of halogens is 1. The highest BCUT2D eigenvalue weighted by molar-refractivity contribution is 14.1. The molecule has 1 aromatic rings. The summed E-state index contributed by atoms with van der Waals surface area (Å²) >= 11 is 2.11. The normalized spacial score (nSPS) is 21.3. The number of likely N-dealkylation sites (tertiary alicyclic amines) is 1. The van der Waals surface area contributed by atoms with Crippen molar-refractivity contribution in [2.75, 3.05) is 32.1 Å². The molecule has 0 unspecified atom stereocenters. The van der Waals surface area contributed by atoms with Crippen LogP contribution in [0.2, 0.25) is 0 Å². The van der Waals surface area contributed by atoms with E-state index in [1.54, 1.807) is 12.1 Å². The molecule has 1 aliphatic carbocycles. The smallest absolute Gasteiger partial charge is 0.255 e. The second-order valence-electron chi connectivity index (χ2n) is 7.50. The van der Waals surface area contributed by atoms with Gasteiger partial charge >= 0.3 is 0 Å². The molecule has 2 atom stereocenters. The summed E-state index contributed by atoms with van der Waals surface area (Å²) in [5.74, 6) is 1.10. The van der Waals surface area contributed by atoms with Gasteiger partial charge in [0, 0.05) is 35.7 Å². The molecule has 2 N–H and O–H groups in total. The molecule has 1 aromatic carbocycles. The molecule has 27 heavy (non-hydrogen) atoms. The van der Waals surface area contributed by atoms with Gasteiger partial charge in [0.2, 0.25) is 5.91 Å². The Bertz CT molecular complexity index is 710. The third-order valence-electron chi connectivity index (χ3n) is 5.52. The van der Waals surface area contributed by atoms with Gasteiger partial charge in [-0.15, -0.1) is 0 Å². The lowest BCUT2D eigenvalue weighted by atomic mass is 10.1. The highest BCUT2D eigenvalue weighted by Gasteiger charge is 2.36. The van der Waals surface area contributed by atoms with Crippen molar-refractivity contribution in [3.63, 3.8) is 0 Å². The van der Waals surface area contributed by atoms with Crippen LogP contribution in [0.25, 0.3) is 0 Å². The maximum absolute atomic E-state index is 12.5. The lowest BCUT2D eigenvalue weighted by molar-refractivity contribution is -0.114. The maximum atomic E-state index is 12.5. The van der Waals surface area contributed by atoms with Crippen molar-refractivity contribution in [2.24, 2.45) is 5.92 Å². The summed E-state index contributed by atoms with van der Waals surface area (Å²) in [5.41, 5.74) is 1.14. The van der Waals surface area contributed by atoms with Crippen LogP contribution in [-0.4, -0.2) is 49.5 Å². The molecule has 2 amide bonds. The lowest BCUT2D eigenvalue weighted by Gasteiger charge is -2.26. The van der Waals surface area contributed by atoms with Crippen molar-refractivity contribution >= 4 is 40.1 Å². The fraction of sp³-hybridized carbons (Fsp3) is 0.600. The SMILES string of the molecule is COc1cc(NC(C)=O)c([123I])cc1C(=O)NCCCCN1C[C@@H]2CC[C@H]1C2. The largest absolute Gasteiger partial charge is 0.496 e. The Hall–Kier alpha value is -1.35. The number of rotatable bonds is 8. The number of nitrogens with zero attached hydrogens (tertiary/aromatic N) is 1. The van der Waals surface area contributed by atoms with Crippen molar-refractivity contribution in [1.29, 1.82) is 0 Å². The first-order chi connectivity index (χ1) is 13.0. The molecule has 7 heteroatoms. The van der Waals surface area contributed by atoms with Gasteiger partial charge in [-0.25, -0.2) is 0 Å². The van der Waals surface area contributed by atoms with E-state index in [2.05, 4.69) is 38.1 Å². The summed E-state index contributed by atoms with van der Waals surface area (Å²) in [5, 5.41) is 5.74. The van der Waals surface area contributed by atoms with Gasteiger partial charge in [-0.1, -0.05) is 0 Å². The molecule has 0 spiro atoms. The van der Waals surface area contributed by atoms with Crippen LogP contribution in [-0.2, 0) is 4.79 Å². The Morgan fingerprint density at radius 3 is 2.74 bits per heavy atom. The van der Waals surface area contributed by atoms with E-state index >= 15 is 0 Å². The molecule has 148 valence electrons. The van der Waals surface area contributed by atoms with Gasteiger partial charge in [-0.2, -0.15) is 0 Å². The average Bonchev–Trinajstić information content (AvgIpc) is 3.25. The predicted octanol–water partition coefficient (Wildman–Crippen LogP) is 3.25. The van der Waals surface area contributed by atoms with Gasteiger partial charge in [0.15, 0.2) is 0 Å². The van der Waals surface area contributed by atoms with Crippen molar-refractivity contribution in [2.45, 2.75) is 45.1 Å². The Morgan fingerprint density at radius 2 is 2.11 bits per heavy atom. The van der Waals surface area contributed by atoms with Gasteiger partial charge in [-0.3, -0.25) is 9.59 Å². The molecule has 2 bridgehead atoms. The molecular weight excluding hydrogens is 453 g/mol. The van der Waals surface area contributed by atoms with E-state index in [0.29, 0.717) is 23.5 Å². The zero-order chi connectivity index (χ0) is 19.4. The van der Waals surface area contributed by atoms with Gasteiger partial charge < -0.3 is 20.3 Å². The van der Waals surface area contributed by atoms with Crippen LogP contribution in [0.1, 0.15) is 49.4 Å². The Balaban J connectivity index is 1.47. The van der Waals surface area contributed by atoms with Crippen LogP contribution in [0.15, 0.2) is 12.1 Å². The fourth-order valence-electron chi connectivity index (χ4n) is 4.22. The number of hydrogen-bond donors (Lipinski definition) is 2. The summed E-state index contributed by atoms with van der Waals surface area (Å²) < 4.78 is 6.15. The van der Waals surface area contributed by atoms with E-state index in [9.17, 15) is 9.59 Å². The van der Waals surface area contributed by atoms with E-state index in [4.69, 9.17) is 4.74 Å². The first-order valence-corrected chi connectivity index (χ1v) is 10.7. The molecule has 3 rings (SSSR count). The number of anilines is 1. The van der Waals surface area contributed by atoms with Crippen LogP contribution in [0.4, 0.5) is 5.69 Å². The van der Waals surface area contributed by atoms with E-state index in [1.165, 1.54) is 39.8 Å². The molecule has 0 radical (unpaired) electrons. The van der Waals surface area contributed by atoms with Crippen molar-refractivity contribution in [1.82, 2.24) is 10.2 Å². The Kier molecular flexibility index (Phi) is 6.97. The zero-order valence-corrected chi connectivity index (χ0v) is 18.2. The number of methoxy groups -OCH3 is 1. The van der Waals surface area contributed by atoms with Crippen LogP contribution >= 0.6 is 22.6 Å². The number of benzene rings is 1.